The Morgan fingerprint density at radius 3 is 2.37 bits per heavy atom. The number of sulfonamides is 1. The number of nitrogens with one attached hydrogen (secondary N) is 4. The fourth-order valence-corrected chi connectivity index (χ4v) is 5.56. The molecule has 2 fully saturated rings. The van der Waals surface area contributed by atoms with Gasteiger partial charge in [0.2, 0.25) is 15.9 Å². The molecule has 38 heavy (non-hydrogen) atoms. The maximum absolute atomic E-state index is 13.0. The van der Waals surface area contributed by atoms with Crippen LogP contribution in [0.4, 0.5) is 5.69 Å². The van der Waals surface area contributed by atoms with Gasteiger partial charge in [0.05, 0.1) is 17.0 Å². The third-order valence-electron chi connectivity index (χ3n) is 6.54. The molecule has 2 heterocycles. The Balaban J connectivity index is 1.47. The van der Waals surface area contributed by atoms with Crippen LogP contribution < -0.4 is 20.7 Å². The number of aliphatic hydroxyl groups is 1. The highest BCUT2D eigenvalue weighted by Crippen LogP contribution is 2.17. The van der Waals surface area contributed by atoms with E-state index in [1.807, 2.05) is 6.92 Å². The average molecular weight is 545 g/mol. The van der Waals surface area contributed by atoms with E-state index in [4.69, 9.17) is 4.74 Å². The smallest absolute Gasteiger partial charge is 0.332 e. The molecule has 2 aromatic carbocycles. The van der Waals surface area contributed by atoms with Crippen LogP contribution in [0.1, 0.15) is 30.4 Å². The van der Waals surface area contributed by atoms with Gasteiger partial charge in [-0.05, 0) is 69.0 Å². The molecule has 2 aliphatic rings. The highest BCUT2D eigenvalue weighted by Gasteiger charge is 2.32. The van der Waals surface area contributed by atoms with Crippen LogP contribution in [-0.2, 0) is 35.6 Å². The topological polar surface area (TPSA) is 163 Å². The van der Waals surface area contributed by atoms with Crippen molar-refractivity contribution >= 4 is 33.6 Å². The van der Waals surface area contributed by atoms with E-state index in [1.165, 1.54) is 12.1 Å². The number of aliphatic hydroxyl groups excluding tert-OH is 1. The Morgan fingerprint density at radius 1 is 1.05 bits per heavy atom. The molecule has 0 spiro atoms. The van der Waals surface area contributed by atoms with E-state index in [0.717, 1.165) is 12.0 Å². The summed E-state index contributed by atoms with van der Waals surface area (Å²) in [7, 11) is -4.10. The van der Waals surface area contributed by atoms with E-state index in [0.29, 0.717) is 37.2 Å². The monoisotopic (exact) mass is 544 g/mol. The van der Waals surface area contributed by atoms with E-state index in [9.17, 15) is 27.9 Å². The minimum absolute atomic E-state index is 0.0200. The summed E-state index contributed by atoms with van der Waals surface area (Å²) in [4.78, 5) is 37.8. The lowest BCUT2D eigenvalue weighted by Gasteiger charge is -2.19. The molecule has 0 bridgehead atoms. The first-order valence-electron chi connectivity index (χ1n) is 12.5. The molecule has 0 aliphatic carbocycles. The first kappa shape index (κ1) is 27.9. The minimum Gasteiger partial charge on any atom is -0.392 e. The summed E-state index contributed by atoms with van der Waals surface area (Å²) in [6, 6.07) is 10.2. The number of aryl methyl sites for hydroxylation is 1. The maximum atomic E-state index is 13.0. The molecule has 4 atom stereocenters. The summed E-state index contributed by atoms with van der Waals surface area (Å²) < 4.78 is 33.5. The summed E-state index contributed by atoms with van der Waals surface area (Å²) in [5, 5.41) is 18.3. The molecule has 0 radical (unpaired) electrons. The third kappa shape index (κ3) is 7.23. The van der Waals surface area contributed by atoms with E-state index >= 15 is 0 Å². The number of carbonyl (C=O) groups excluding carboxylic acids is 3. The fraction of sp³-hybridized carbons (Fsp3) is 0.423. The molecule has 4 rings (SSSR count). The summed E-state index contributed by atoms with van der Waals surface area (Å²) in [6.07, 6.45) is 0.987. The van der Waals surface area contributed by atoms with Gasteiger partial charge in [0, 0.05) is 12.2 Å². The molecular formula is C26H32N4O7S. The largest absolute Gasteiger partial charge is 0.392 e. The number of β-amino-alcohol motifs (C(OH)–C–C–N with tert-alkyl or cyclic N) is 1. The van der Waals surface area contributed by atoms with Crippen LogP contribution in [0.2, 0.25) is 0 Å². The first-order chi connectivity index (χ1) is 18.1. The first-order valence-corrected chi connectivity index (χ1v) is 14.0. The van der Waals surface area contributed by atoms with Gasteiger partial charge in [-0.15, -0.1) is 0 Å². The highest BCUT2D eigenvalue weighted by molar-refractivity contribution is 7.89. The van der Waals surface area contributed by atoms with Crippen LogP contribution in [0.15, 0.2) is 53.4 Å². The van der Waals surface area contributed by atoms with Crippen molar-refractivity contribution in [1.29, 1.82) is 0 Å². The molecule has 12 heteroatoms. The van der Waals surface area contributed by atoms with Gasteiger partial charge < -0.3 is 25.8 Å². The van der Waals surface area contributed by atoms with Crippen LogP contribution in [0.3, 0.4) is 0 Å². The van der Waals surface area contributed by atoms with E-state index in [-0.39, 0.29) is 17.2 Å². The zero-order chi connectivity index (χ0) is 27.3. The molecule has 0 aromatic heterocycles. The van der Waals surface area contributed by atoms with Gasteiger partial charge in [0.15, 0.2) is 0 Å². The number of benzene rings is 2. The quantitative estimate of drug-likeness (QED) is 0.222. The summed E-state index contributed by atoms with van der Waals surface area (Å²) in [5.41, 5.74) is 1.96. The zero-order valence-electron chi connectivity index (χ0n) is 21.0. The Bertz CT molecular complexity index is 1260. The standard InChI is InChI=1S/C26H32N4O7S/c1-16-4-10-20(11-5-16)38(35,36)30-23(26(34)37-25(33)21-3-2-12-27-21)13-17-6-8-18(9-7-17)29-24(32)22-14-19(31)15-28-22/h4-11,19,21-23,27-28,30-31H,2-3,12-15H2,1H3,(H,29,32)/t19?,21-,22-,23-/m0/s1. The highest BCUT2D eigenvalue weighted by atomic mass is 32.2. The Kier molecular flexibility index (Phi) is 8.90. The van der Waals surface area contributed by atoms with Gasteiger partial charge in [-0.1, -0.05) is 29.8 Å². The van der Waals surface area contributed by atoms with Gasteiger partial charge in [-0.2, -0.15) is 4.72 Å². The second-order valence-corrected chi connectivity index (χ2v) is 11.3. The van der Waals surface area contributed by atoms with Crippen LogP contribution in [0, 0.1) is 6.92 Å². The number of amides is 1. The number of hydrogen-bond acceptors (Lipinski definition) is 9. The molecule has 5 N–H and O–H groups in total. The van der Waals surface area contributed by atoms with Crippen molar-refractivity contribution in [3.8, 4) is 0 Å². The van der Waals surface area contributed by atoms with Crippen LogP contribution in [-0.4, -0.2) is 68.7 Å². The van der Waals surface area contributed by atoms with E-state index in [2.05, 4.69) is 20.7 Å². The normalized spacial score (nSPS) is 22.1. The molecular weight excluding hydrogens is 512 g/mol. The van der Waals surface area contributed by atoms with Crippen molar-refractivity contribution < 1.29 is 32.6 Å². The molecule has 2 aromatic rings. The van der Waals surface area contributed by atoms with Crippen molar-refractivity contribution in [3.63, 3.8) is 0 Å². The molecule has 11 nitrogen and oxygen atoms in total. The number of rotatable bonds is 9. The van der Waals surface area contributed by atoms with Gasteiger partial charge in [-0.3, -0.25) is 4.79 Å². The van der Waals surface area contributed by atoms with Gasteiger partial charge >= 0.3 is 11.9 Å². The number of hydrogen-bond donors (Lipinski definition) is 5. The second kappa shape index (κ2) is 12.1. The SMILES string of the molecule is Cc1ccc(S(=O)(=O)N[C@@H](Cc2ccc(NC(=O)[C@@H]3CC(O)CN3)cc2)C(=O)OC(=O)[C@@H]2CCCN2)cc1. The fourth-order valence-electron chi connectivity index (χ4n) is 4.38. The van der Waals surface area contributed by atoms with Crippen LogP contribution >= 0.6 is 0 Å². The Morgan fingerprint density at radius 2 is 1.76 bits per heavy atom. The van der Waals surface area contributed by atoms with Crippen LogP contribution in [0.5, 0.6) is 0 Å². The molecule has 2 saturated heterocycles. The van der Waals surface area contributed by atoms with Crippen LogP contribution in [0.25, 0.3) is 0 Å². The van der Waals surface area contributed by atoms with Gasteiger partial charge in [0.1, 0.15) is 12.1 Å². The average Bonchev–Trinajstić information content (AvgIpc) is 3.57. The molecule has 1 unspecified atom stereocenters. The van der Waals surface area contributed by atoms with Crippen molar-refractivity contribution in [1.82, 2.24) is 15.4 Å². The number of ether oxygens (including phenoxy) is 1. The lowest BCUT2D eigenvalue weighted by molar-refractivity contribution is -0.162. The summed E-state index contributed by atoms with van der Waals surface area (Å²) in [6.45, 7) is 2.82. The molecule has 0 saturated carbocycles. The minimum atomic E-state index is -4.10. The van der Waals surface area contributed by atoms with E-state index < -0.39 is 46.2 Å². The second-order valence-electron chi connectivity index (χ2n) is 9.62. The third-order valence-corrected chi connectivity index (χ3v) is 8.03. The number of anilines is 1. The van der Waals surface area contributed by atoms with Crippen molar-refractivity contribution in [2.45, 2.75) is 61.7 Å². The molecule has 1 amide bonds. The Labute approximate surface area is 221 Å². The molecule has 204 valence electrons. The van der Waals surface area contributed by atoms with Crippen molar-refractivity contribution in [2.24, 2.45) is 0 Å². The summed E-state index contributed by atoms with van der Waals surface area (Å²) >= 11 is 0. The maximum Gasteiger partial charge on any atom is 0.332 e. The number of carbonyl (C=O) groups is 3. The van der Waals surface area contributed by atoms with Gasteiger partial charge in [-0.25, -0.2) is 18.0 Å². The lowest BCUT2D eigenvalue weighted by Crippen LogP contribution is -2.45. The van der Waals surface area contributed by atoms with E-state index in [1.54, 1.807) is 36.4 Å². The number of esters is 2. The van der Waals surface area contributed by atoms with Crippen molar-refractivity contribution in [2.75, 3.05) is 18.4 Å². The lowest BCUT2D eigenvalue weighted by atomic mass is 10.1. The van der Waals surface area contributed by atoms with Gasteiger partial charge in [0.25, 0.3) is 0 Å². The summed E-state index contributed by atoms with van der Waals surface area (Å²) in [5.74, 6) is -2.01. The van der Waals surface area contributed by atoms with Crippen molar-refractivity contribution in [3.05, 3.63) is 59.7 Å². The zero-order valence-corrected chi connectivity index (χ0v) is 21.8. The molecule has 2 aliphatic heterocycles. The predicted molar refractivity (Wildman–Crippen MR) is 139 cm³/mol. The predicted octanol–water partition coefficient (Wildman–Crippen LogP) is 0.368. The Hall–Kier alpha value is -3.16.